The molecule has 0 radical (unpaired) electrons. The van der Waals surface area contributed by atoms with Crippen LogP contribution in [0.4, 0.5) is 18.9 Å². The third kappa shape index (κ3) is 5.65. The summed E-state index contributed by atoms with van der Waals surface area (Å²) in [5.74, 6) is -5.47. The van der Waals surface area contributed by atoms with Gasteiger partial charge < -0.3 is 10.1 Å². The van der Waals surface area contributed by atoms with E-state index in [0.29, 0.717) is 11.6 Å². The first-order chi connectivity index (χ1) is 15.6. The van der Waals surface area contributed by atoms with E-state index < -0.39 is 45.6 Å². The Balaban J connectivity index is 1.92. The Bertz CT molecular complexity index is 1270. The summed E-state index contributed by atoms with van der Waals surface area (Å²) in [4.78, 5) is 12.4. The lowest BCUT2D eigenvalue weighted by Gasteiger charge is -2.22. The van der Waals surface area contributed by atoms with Crippen LogP contribution in [0.15, 0.2) is 65.6 Å². The van der Waals surface area contributed by atoms with Crippen molar-refractivity contribution in [3.63, 3.8) is 0 Å². The molecule has 0 fully saturated rings. The van der Waals surface area contributed by atoms with E-state index in [9.17, 15) is 26.4 Å². The molecule has 0 aliphatic heterocycles. The molecule has 0 aliphatic carbocycles. The number of benzene rings is 3. The fourth-order valence-corrected chi connectivity index (χ4v) is 4.68. The topological polar surface area (TPSA) is 75.7 Å². The Morgan fingerprint density at radius 3 is 2.36 bits per heavy atom. The highest BCUT2D eigenvalue weighted by atomic mass is 35.5. The van der Waals surface area contributed by atoms with Crippen LogP contribution in [0, 0.1) is 17.5 Å². The van der Waals surface area contributed by atoms with E-state index in [4.69, 9.17) is 16.3 Å². The number of halogens is 4. The van der Waals surface area contributed by atoms with Crippen molar-refractivity contribution in [3.05, 3.63) is 88.7 Å². The number of anilines is 1. The van der Waals surface area contributed by atoms with Crippen LogP contribution < -0.4 is 10.1 Å². The van der Waals surface area contributed by atoms with Gasteiger partial charge in [-0.25, -0.2) is 21.6 Å². The summed E-state index contributed by atoms with van der Waals surface area (Å²) in [6.45, 7) is -0.931. The number of nitrogens with zero attached hydrogens (tertiary/aromatic N) is 1. The molecule has 0 saturated heterocycles. The van der Waals surface area contributed by atoms with Gasteiger partial charge in [0.25, 0.3) is 0 Å². The number of rotatable bonds is 8. The van der Waals surface area contributed by atoms with E-state index in [1.54, 1.807) is 30.3 Å². The Kier molecular flexibility index (Phi) is 7.62. The molecule has 33 heavy (non-hydrogen) atoms. The van der Waals surface area contributed by atoms with Gasteiger partial charge in [0.1, 0.15) is 5.75 Å². The zero-order valence-corrected chi connectivity index (χ0v) is 18.8. The quantitative estimate of drug-likeness (QED) is 0.461. The van der Waals surface area contributed by atoms with Gasteiger partial charge >= 0.3 is 0 Å². The van der Waals surface area contributed by atoms with Crippen LogP contribution >= 0.6 is 11.6 Å². The Morgan fingerprint density at radius 1 is 1.03 bits per heavy atom. The molecule has 0 bridgehead atoms. The fraction of sp³-hybridized carbons (Fsp3) is 0.136. The molecule has 3 aromatic carbocycles. The van der Waals surface area contributed by atoms with Gasteiger partial charge in [0.05, 0.1) is 29.3 Å². The molecule has 0 saturated carbocycles. The zero-order valence-electron chi connectivity index (χ0n) is 17.2. The van der Waals surface area contributed by atoms with Crippen LogP contribution in [0.5, 0.6) is 5.75 Å². The lowest BCUT2D eigenvalue weighted by atomic mass is 10.2. The molecule has 0 aliphatic rings. The first-order valence-corrected chi connectivity index (χ1v) is 11.3. The second kappa shape index (κ2) is 10.2. The molecule has 0 atom stereocenters. The number of methoxy groups -OCH3 is 1. The molecule has 1 N–H and O–H groups in total. The molecule has 0 spiro atoms. The number of hydrogen-bond donors (Lipinski definition) is 1. The van der Waals surface area contributed by atoms with Crippen LogP contribution in [-0.4, -0.2) is 32.3 Å². The average molecular weight is 499 g/mol. The van der Waals surface area contributed by atoms with Crippen LogP contribution in [-0.2, 0) is 21.4 Å². The van der Waals surface area contributed by atoms with E-state index in [1.807, 2.05) is 0 Å². The first-order valence-electron chi connectivity index (χ1n) is 9.44. The molecule has 11 heteroatoms. The molecule has 3 aromatic rings. The Hall–Kier alpha value is -3.08. The number of carbonyl (C=O) groups excluding carboxylic acids is 1. The average Bonchev–Trinajstić information content (AvgIpc) is 2.79. The van der Waals surface area contributed by atoms with Crippen LogP contribution in [0.1, 0.15) is 5.56 Å². The minimum atomic E-state index is -4.25. The molecule has 1 amide bonds. The summed E-state index contributed by atoms with van der Waals surface area (Å²) in [5.41, 5.74) is -0.0454. The van der Waals surface area contributed by atoms with Crippen molar-refractivity contribution in [1.82, 2.24) is 4.31 Å². The van der Waals surface area contributed by atoms with Crippen LogP contribution in [0.2, 0.25) is 5.02 Å². The fourth-order valence-electron chi connectivity index (χ4n) is 2.94. The maximum Gasteiger partial charge on any atom is 0.243 e. The summed E-state index contributed by atoms with van der Waals surface area (Å²) >= 11 is 6.06. The highest BCUT2D eigenvalue weighted by Crippen LogP contribution is 2.29. The van der Waals surface area contributed by atoms with Gasteiger partial charge in [-0.05, 0) is 35.9 Å². The molecule has 3 rings (SSSR count). The maximum absolute atomic E-state index is 13.9. The van der Waals surface area contributed by atoms with E-state index in [0.717, 1.165) is 10.4 Å². The second-order valence-electron chi connectivity index (χ2n) is 6.83. The van der Waals surface area contributed by atoms with E-state index in [-0.39, 0.29) is 22.2 Å². The van der Waals surface area contributed by atoms with E-state index in [2.05, 4.69) is 5.32 Å². The van der Waals surface area contributed by atoms with E-state index >= 15 is 0 Å². The number of carbonyl (C=O) groups is 1. The van der Waals surface area contributed by atoms with Crippen molar-refractivity contribution < 1.29 is 31.1 Å². The van der Waals surface area contributed by atoms with Gasteiger partial charge in [0.15, 0.2) is 17.5 Å². The third-order valence-electron chi connectivity index (χ3n) is 4.59. The van der Waals surface area contributed by atoms with Crippen molar-refractivity contribution in [2.75, 3.05) is 19.0 Å². The van der Waals surface area contributed by atoms with Crippen molar-refractivity contribution in [2.45, 2.75) is 11.4 Å². The van der Waals surface area contributed by atoms with Crippen molar-refractivity contribution >= 4 is 33.2 Å². The number of hydrogen-bond acceptors (Lipinski definition) is 4. The van der Waals surface area contributed by atoms with Gasteiger partial charge in [-0.1, -0.05) is 41.9 Å². The summed E-state index contributed by atoms with van der Waals surface area (Å²) in [5, 5.41) is 2.12. The van der Waals surface area contributed by atoms with Crippen molar-refractivity contribution in [1.29, 1.82) is 0 Å². The predicted octanol–water partition coefficient (Wildman–Crippen LogP) is 4.60. The van der Waals surface area contributed by atoms with E-state index in [1.165, 1.54) is 25.3 Å². The lowest BCUT2D eigenvalue weighted by Crippen LogP contribution is -2.37. The number of nitrogens with one attached hydrogen (secondary N) is 1. The summed E-state index contributed by atoms with van der Waals surface area (Å²) in [6.07, 6.45) is 0. The predicted molar refractivity (Wildman–Crippen MR) is 117 cm³/mol. The van der Waals surface area contributed by atoms with Crippen molar-refractivity contribution in [3.8, 4) is 5.75 Å². The minimum absolute atomic E-state index is 0.0477. The Morgan fingerprint density at radius 2 is 1.73 bits per heavy atom. The Labute approximate surface area is 193 Å². The molecule has 174 valence electrons. The number of amides is 1. The van der Waals surface area contributed by atoms with Gasteiger partial charge in [-0.3, -0.25) is 4.79 Å². The van der Waals surface area contributed by atoms with Crippen LogP contribution in [0.25, 0.3) is 0 Å². The normalized spacial score (nSPS) is 11.5. The molecular weight excluding hydrogens is 481 g/mol. The van der Waals surface area contributed by atoms with Gasteiger partial charge in [0, 0.05) is 6.54 Å². The second-order valence-corrected chi connectivity index (χ2v) is 9.17. The summed E-state index contributed by atoms with van der Waals surface area (Å²) in [7, 11) is -2.88. The third-order valence-corrected chi connectivity index (χ3v) is 6.68. The van der Waals surface area contributed by atoms with Crippen LogP contribution in [0.3, 0.4) is 0 Å². The molecular formula is C22H18ClF3N2O4S. The van der Waals surface area contributed by atoms with Gasteiger partial charge in [-0.2, -0.15) is 4.31 Å². The standard InChI is InChI=1S/C22H18ClF3N2O4S/c1-32-19-10-7-15(11-16(19)23)33(30,31)28(12-14-5-3-2-4-6-14)13-20(29)27-18-9-8-17(24)21(25)22(18)26/h2-11H,12-13H2,1H3,(H,27,29). The zero-order chi connectivity index (χ0) is 24.2. The largest absolute Gasteiger partial charge is 0.495 e. The molecule has 0 heterocycles. The van der Waals surface area contributed by atoms with Gasteiger partial charge in [0.2, 0.25) is 15.9 Å². The highest BCUT2D eigenvalue weighted by molar-refractivity contribution is 7.89. The summed E-state index contributed by atoms with van der Waals surface area (Å²) < 4.78 is 73.0. The molecule has 6 nitrogen and oxygen atoms in total. The highest BCUT2D eigenvalue weighted by Gasteiger charge is 2.28. The number of sulfonamides is 1. The van der Waals surface area contributed by atoms with Crippen molar-refractivity contribution in [2.24, 2.45) is 0 Å². The lowest BCUT2D eigenvalue weighted by molar-refractivity contribution is -0.116. The monoisotopic (exact) mass is 498 g/mol. The number of ether oxygens (including phenoxy) is 1. The molecule has 0 aromatic heterocycles. The van der Waals surface area contributed by atoms with Gasteiger partial charge in [-0.15, -0.1) is 0 Å². The maximum atomic E-state index is 13.9. The molecule has 0 unspecified atom stereocenters. The summed E-state index contributed by atoms with van der Waals surface area (Å²) in [6, 6.07) is 13.8. The smallest absolute Gasteiger partial charge is 0.243 e. The first kappa shape index (κ1) is 24.6. The minimum Gasteiger partial charge on any atom is -0.495 e. The SMILES string of the molecule is COc1ccc(S(=O)(=O)N(CC(=O)Nc2ccc(F)c(F)c2F)Cc2ccccc2)cc1Cl.